The van der Waals surface area contributed by atoms with Crippen LogP contribution < -0.4 is 10.6 Å². The summed E-state index contributed by atoms with van der Waals surface area (Å²) in [6.45, 7) is 0.369. The number of nitrogens with zero attached hydrogens (tertiary/aromatic N) is 1. The van der Waals surface area contributed by atoms with Crippen molar-refractivity contribution in [2.24, 2.45) is 4.99 Å². The lowest BCUT2D eigenvalue weighted by Gasteiger charge is -2.12. The van der Waals surface area contributed by atoms with Crippen LogP contribution in [0.2, 0.25) is 0 Å². The molecule has 1 aromatic carbocycles. The van der Waals surface area contributed by atoms with Gasteiger partial charge in [-0.25, -0.2) is 0 Å². The van der Waals surface area contributed by atoms with Gasteiger partial charge in [-0.05, 0) is 11.1 Å². The number of ether oxygens (including phenoxy) is 2. The number of alkyl halides is 3. The molecule has 5 nitrogen and oxygen atoms in total. The van der Waals surface area contributed by atoms with Gasteiger partial charge in [-0.3, -0.25) is 4.99 Å². The fourth-order valence-electron chi connectivity index (χ4n) is 1.79. The van der Waals surface area contributed by atoms with Gasteiger partial charge in [0.15, 0.2) is 5.96 Å². The van der Waals surface area contributed by atoms with Crippen molar-refractivity contribution < 1.29 is 22.6 Å². The Labute approximate surface area is 157 Å². The van der Waals surface area contributed by atoms with Crippen molar-refractivity contribution in [1.82, 2.24) is 10.6 Å². The van der Waals surface area contributed by atoms with Gasteiger partial charge in [0.1, 0.15) is 6.61 Å². The van der Waals surface area contributed by atoms with E-state index in [2.05, 4.69) is 20.4 Å². The van der Waals surface area contributed by atoms with E-state index >= 15 is 0 Å². The molecule has 0 aliphatic rings. The van der Waals surface area contributed by atoms with Gasteiger partial charge in [0, 0.05) is 27.2 Å². The summed E-state index contributed by atoms with van der Waals surface area (Å²) in [7, 11) is 3.27. The summed E-state index contributed by atoms with van der Waals surface area (Å²) in [6.07, 6.45) is -4.31. The van der Waals surface area contributed by atoms with Crippen molar-refractivity contribution in [1.29, 1.82) is 0 Å². The lowest BCUT2D eigenvalue weighted by molar-refractivity contribution is -0.176. The topological polar surface area (TPSA) is 54.9 Å². The smallest absolute Gasteiger partial charge is 0.383 e. The van der Waals surface area contributed by atoms with E-state index in [4.69, 9.17) is 4.74 Å². The highest BCUT2D eigenvalue weighted by Gasteiger charge is 2.27. The molecule has 0 aliphatic carbocycles. The van der Waals surface area contributed by atoms with Gasteiger partial charge in [-0.15, -0.1) is 24.0 Å². The van der Waals surface area contributed by atoms with Crippen LogP contribution in [0.3, 0.4) is 0 Å². The van der Waals surface area contributed by atoms with Crippen LogP contribution in [0.1, 0.15) is 11.1 Å². The molecule has 0 heterocycles. The molecule has 0 aromatic heterocycles. The number of benzene rings is 1. The first kappa shape index (κ1) is 22.9. The van der Waals surface area contributed by atoms with Gasteiger partial charge in [-0.1, -0.05) is 24.3 Å². The van der Waals surface area contributed by atoms with Crippen LogP contribution in [0.4, 0.5) is 13.2 Å². The van der Waals surface area contributed by atoms with Crippen LogP contribution in [-0.2, 0) is 22.6 Å². The standard InChI is InChI=1S/C15H22F3N3O2.HI/c1-19-14(20-6-7-22-2)21-9-12-4-3-5-13(8-12)10-23-11-15(16,17)18;/h3-5,8H,6-7,9-11H2,1-2H3,(H2,19,20,21);1H. The summed E-state index contributed by atoms with van der Waals surface area (Å²) in [5.74, 6) is 0.626. The van der Waals surface area contributed by atoms with Crippen molar-refractivity contribution in [2.75, 3.05) is 33.9 Å². The molecular formula is C15H23F3IN3O2. The summed E-state index contributed by atoms with van der Waals surface area (Å²) in [4.78, 5) is 4.06. The maximum absolute atomic E-state index is 12.0. The van der Waals surface area contributed by atoms with Crippen LogP contribution >= 0.6 is 24.0 Å². The van der Waals surface area contributed by atoms with E-state index in [1.165, 1.54) is 0 Å². The van der Waals surface area contributed by atoms with Crippen molar-refractivity contribution in [3.05, 3.63) is 35.4 Å². The quantitative estimate of drug-likeness (QED) is 0.271. The zero-order chi connectivity index (χ0) is 17.1. The molecule has 0 amide bonds. The Balaban J connectivity index is 0.00000529. The molecule has 0 aliphatic heterocycles. The predicted octanol–water partition coefficient (Wildman–Crippen LogP) is 2.69. The van der Waals surface area contributed by atoms with Crippen LogP contribution in [0.5, 0.6) is 0 Å². The van der Waals surface area contributed by atoms with Crippen molar-refractivity contribution in [3.63, 3.8) is 0 Å². The lowest BCUT2D eigenvalue weighted by atomic mass is 10.1. The second-order valence-corrected chi connectivity index (χ2v) is 4.77. The summed E-state index contributed by atoms with van der Waals surface area (Å²) in [5.41, 5.74) is 1.61. The van der Waals surface area contributed by atoms with Crippen molar-refractivity contribution in [2.45, 2.75) is 19.3 Å². The number of methoxy groups -OCH3 is 1. The predicted molar refractivity (Wildman–Crippen MR) is 97.6 cm³/mol. The molecule has 138 valence electrons. The fraction of sp³-hybridized carbons (Fsp3) is 0.533. The molecule has 2 N–H and O–H groups in total. The van der Waals surface area contributed by atoms with Gasteiger partial charge >= 0.3 is 6.18 Å². The highest BCUT2D eigenvalue weighted by molar-refractivity contribution is 14.0. The van der Waals surface area contributed by atoms with E-state index in [1.807, 2.05) is 6.07 Å². The van der Waals surface area contributed by atoms with E-state index in [0.29, 0.717) is 31.2 Å². The maximum atomic E-state index is 12.0. The Morgan fingerprint density at radius 1 is 1.21 bits per heavy atom. The normalized spacial score (nSPS) is 11.8. The minimum absolute atomic E-state index is 0. The third kappa shape index (κ3) is 10.7. The number of halogens is 4. The van der Waals surface area contributed by atoms with E-state index in [9.17, 15) is 13.2 Å². The van der Waals surface area contributed by atoms with Crippen molar-refractivity contribution >= 4 is 29.9 Å². The number of nitrogens with one attached hydrogen (secondary N) is 2. The Kier molecular flexibility index (Phi) is 11.8. The van der Waals surface area contributed by atoms with Crippen LogP contribution in [0.25, 0.3) is 0 Å². The Morgan fingerprint density at radius 2 is 1.92 bits per heavy atom. The number of guanidine groups is 1. The minimum Gasteiger partial charge on any atom is -0.383 e. The number of hydrogen-bond donors (Lipinski definition) is 2. The third-order valence-electron chi connectivity index (χ3n) is 2.81. The Hall–Kier alpha value is -1.07. The molecule has 0 fully saturated rings. The first-order valence-electron chi connectivity index (χ1n) is 7.10. The Bertz CT molecular complexity index is 499. The van der Waals surface area contributed by atoms with Gasteiger partial charge in [0.2, 0.25) is 0 Å². The highest BCUT2D eigenvalue weighted by Crippen LogP contribution is 2.16. The van der Waals surface area contributed by atoms with Crippen LogP contribution in [0, 0.1) is 0 Å². The summed E-state index contributed by atoms with van der Waals surface area (Å²) >= 11 is 0. The summed E-state index contributed by atoms with van der Waals surface area (Å²) in [6, 6.07) is 7.18. The van der Waals surface area contributed by atoms with E-state index < -0.39 is 12.8 Å². The fourth-order valence-corrected chi connectivity index (χ4v) is 1.79. The van der Waals surface area contributed by atoms with Crippen LogP contribution in [-0.4, -0.2) is 46.1 Å². The van der Waals surface area contributed by atoms with Gasteiger partial charge in [-0.2, -0.15) is 13.2 Å². The molecule has 1 aromatic rings. The first-order chi connectivity index (χ1) is 10.9. The maximum Gasteiger partial charge on any atom is 0.411 e. The summed E-state index contributed by atoms with van der Waals surface area (Å²) in [5, 5.41) is 6.18. The minimum atomic E-state index is -4.31. The second kappa shape index (κ2) is 12.3. The van der Waals surface area contributed by atoms with Gasteiger partial charge in [0.05, 0.1) is 13.2 Å². The molecule has 0 saturated carbocycles. The SMILES string of the molecule is CN=C(NCCOC)NCc1cccc(COCC(F)(F)F)c1.I. The molecular weight excluding hydrogens is 438 g/mol. The molecule has 1 rings (SSSR count). The second-order valence-electron chi connectivity index (χ2n) is 4.77. The summed E-state index contributed by atoms with van der Waals surface area (Å²) < 4.78 is 45.7. The third-order valence-corrected chi connectivity index (χ3v) is 2.81. The molecule has 0 spiro atoms. The number of rotatable bonds is 8. The largest absolute Gasteiger partial charge is 0.411 e. The highest BCUT2D eigenvalue weighted by atomic mass is 127. The molecule has 24 heavy (non-hydrogen) atoms. The molecule has 0 atom stereocenters. The molecule has 0 saturated heterocycles. The van der Waals surface area contributed by atoms with Gasteiger partial charge in [0.25, 0.3) is 0 Å². The van der Waals surface area contributed by atoms with E-state index in [1.54, 1.807) is 32.4 Å². The van der Waals surface area contributed by atoms with E-state index in [-0.39, 0.29) is 30.6 Å². The lowest BCUT2D eigenvalue weighted by Crippen LogP contribution is -2.38. The zero-order valence-electron chi connectivity index (χ0n) is 13.7. The monoisotopic (exact) mass is 461 g/mol. The van der Waals surface area contributed by atoms with Gasteiger partial charge < -0.3 is 20.1 Å². The number of aliphatic imine (C=N–C) groups is 1. The average Bonchev–Trinajstić information content (AvgIpc) is 2.50. The van der Waals surface area contributed by atoms with Crippen LogP contribution in [0.15, 0.2) is 29.3 Å². The zero-order valence-corrected chi connectivity index (χ0v) is 16.0. The molecule has 9 heteroatoms. The average molecular weight is 461 g/mol. The first-order valence-corrected chi connectivity index (χ1v) is 7.10. The van der Waals surface area contributed by atoms with Crippen molar-refractivity contribution in [3.8, 4) is 0 Å². The molecule has 0 radical (unpaired) electrons. The molecule has 0 bridgehead atoms. The molecule has 0 unspecified atom stereocenters. The number of hydrogen-bond acceptors (Lipinski definition) is 3. The Morgan fingerprint density at radius 3 is 2.54 bits per heavy atom. The van der Waals surface area contributed by atoms with E-state index in [0.717, 1.165) is 5.56 Å².